The summed E-state index contributed by atoms with van der Waals surface area (Å²) in [5.74, 6) is 0. The van der Waals surface area contributed by atoms with E-state index in [0.717, 1.165) is 0 Å². The van der Waals surface area contributed by atoms with Crippen LogP contribution in [0.2, 0.25) is 0 Å². The number of hydrogen-bond donors (Lipinski definition) is 2. The van der Waals surface area contributed by atoms with Gasteiger partial charge in [-0.05, 0) is 34.4 Å². The average Bonchev–Trinajstić information content (AvgIpc) is 2.87. The fraction of sp³-hybridized carbons (Fsp3) is 0.143. The van der Waals surface area contributed by atoms with Crippen molar-refractivity contribution in [3.05, 3.63) is 58.7 Å². The maximum absolute atomic E-state index is 6.01. The molecule has 2 aromatic carbocycles. The minimum atomic E-state index is 0.0362. The van der Waals surface area contributed by atoms with Gasteiger partial charge in [-0.25, -0.2) is 0 Å². The summed E-state index contributed by atoms with van der Waals surface area (Å²) < 4.78 is 6.01. The lowest BCUT2D eigenvalue weighted by Crippen LogP contribution is -2.05. The van der Waals surface area contributed by atoms with E-state index in [-0.39, 0.29) is 12.2 Å². The molecular formula is C14H12N2O. The fourth-order valence-electron chi connectivity index (χ4n) is 2.88. The van der Waals surface area contributed by atoms with Crippen LogP contribution in [0.15, 0.2) is 36.4 Å². The first kappa shape index (κ1) is 9.07. The molecule has 0 spiro atoms. The molecular weight excluding hydrogens is 212 g/mol. The van der Waals surface area contributed by atoms with Gasteiger partial charge in [-0.2, -0.15) is 0 Å². The molecule has 0 saturated heterocycles. The van der Waals surface area contributed by atoms with Crippen molar-refractivity contribution in [2.45, 2.75) is 12.2 Å². The van der Waals surface area contributed by atoms with Crippen LogP contribution in [0.3, 0.4) is 0 Å². The van der Waals surface area contributed by atoms with Gasteiger partial charge in [-0.1, -0.05) is 24.3 Å². The first-order valence-electron chi connectivity index (χ1n) is 5.69. The molecule has 0 aromatic heterocycles. The number of fused-ring (bicyclic) bond motifs is 8. The third-order valence-electron chi connectivity index (χ3n) is 3.69. The zero-order chi connectivity index (χ0) is 11.6. The molecule has 2 unspecified atom stereocenters. The molecule has 84 valence electrons. The van der Waals surface area contributed by atoms with Gasteiger partial charge < -0.3 is 16.2 Å². The molecule has 0 fully saturated rings. The zero-order valence-electron chi connectivity index (χ0n) is 9.18. The van der Waals surface area contributed by atoms with Crippen molar-refractivity contribution in [3.8, 4) is 0 Å². The highest BCUT2D eigenvalue weighted by Crippen LogP contribution is 2.54. The highest BCUT2D eigenvalue weighted by Gasteiger charge is 2.42. The first-order valence-corrected chi connectivity index (χ1v) is 5.69. The van der Waals surface area contributed by atoms with Crippen molar-refractivity contribution in [2.75, 3.05) is 11.5 Å². The summed E-state index contributed by atoms with van der Waals surface area (Å²) in [6.45, 7) is 0. The zero-order valence-corrected chi connectivity index (χ0v) is 9.18. The quantitative estimate of drug-likeness (QED) is 0.675. The summed E-state index contributed by atoms with van der Waals surface area (Å²) >= 11 is 0. The van der Waals surface area contributed by atoms with E-state index in [1.54, 1.807) is 0 Å². The molecule has 4 rings (SSSR count). The lowest BCUT2D eigenvalue weighted by atomic mass is 9.85. The molecule has 0 radical (unpaired) electrons. The molecule has 2 aromatic rings. The van der Waals surface area contributed by atoms with Crippen LogP contribution in [-0.4, -0.2) is 0 Å². The van der Waals surface area contributed by atoms with E-state index in [4.69, 9.17) is 16.2 Å². The summed E-state index contributed by atoms with van der Waals surface area (Å²) in [7, 11) is 0. The molecule has 4 N–H and O–H groups in total. The molecule has 17 heavy (non-hydrogen) atoms. The molecule has 2 atom stereocenters. The molecule has 0 amide bonds. The van der Waals surface area contributed by atoms with Crippen molar-refractivity contribution in [1.29, 1.82) is 0 Å². The SMILES string of the molecule is Nc1cc2c(cc1N)C1OC2c2ccccc21. The van der Waals surface area contributed by atoms with Gasteiger partial charge in [0.25, 0.3) is 0 Å². The number of ether oxygens (including phenoxy) is 1. The van der Waals surface area contributed by atoms with E-state index in [1.165, 1.54) is 22.3 Å². The molecule has 2 heterocycles. The van der Waals surface area contributed by atoms with Crippen molar-refractivity contribution < 1.29 is 4.74 Å². The first-order chi connectivity index (χ1) is 8.25. The van der Waals surface area contributed by atoms with E-state index in [9.17, 15) is 0 Å². The molecule has 3 heteroatoms. The Morgan fingerprint density at radius 1 is 0.765 bits per heavy atom. The summed E-state index contributed by atoms with van der Waals surface area (Å²) in [6.07, 6.45) is 0.0724. The number of rotatable bonds is 0. The summed E-state index contributed by atoms with van der Waals surface area (Å²) in [4.78, 5) is 0. The van der Waals surface area contributed by atoms with Gasteiger partial charge in [0.2, 0.25) is 0 Å². The van der Waals surface area contributed by atoms with E-state index in [2.05, 4.69) is 12.1 Å². The highest BCUT2D eigenvalue weighted by molar-refractivity contribution is 5.70. The van der Waals surface area contributed by atoms with Gasteiger partial charge >= 0.3 is 0 Å². The Hall–Kier alpha value is -2.00. The predicted molar refractivity (Wildman–Crippen MR) is 66.5 cm³/mol. The Balaban J connectivity index is 1.99. The molecule has 0 aliphatic carbocycles. The van der Waals surface area contributed by atoms with Crippen LogP contribution < -0.4 is 11.5 Å². The second-order valence-corrected chi connectivity index (χ2v) is 4.64. The summed E-state index contributed by atoms with van der Waals surface area (Å²) in [5, 5.41) is 0. The minimum Gasteiger partial charge on any atom is -0.397 e. The lowest BCUT2D eigenvalue weighted by Gasteiger charge is -2.16. The summed E-state index contributed by atoms with van der Waals surface area (Å²) in [5.41, 5.74) is 17.9. The van der Waals surface area contributed by atoms with E-state index in [1.807, 2.05) is 24.3 Å². The largest absolute Gasteiger partial charge is 0.397 e. The van der Waals surface area contributed by atoms with Crippen LogP contribution in [0, 0.1) is 0 Å². The fourth-order valence-corrected chi connectivity index (χ4v) is 2.88. The van der Waals surface area contributed by atoms with Crippen molar-refractivity contribution >= 4 is 11.4 Å². The Morgan fingerprint density at radius 2 is 1.24 bits per heavy atom. The van der Waals surface area contributed by atoms with Gasteiger partial charge in [-0.15, -0.1) is 0 Å². The Kier molecular flexibility index (Phi) is 1.50. The molecule has 0 saturated carbocycles. The molecule has 2 bridgehead atoms. The van der Waals surface area contributed by atoms with Gasteiger partial charge in [0, 0.05) is 0 Å². The average molecular weight is 224 g/mol. The van der Waals surface area contributed by atoms with Gasteiger partial charge in [0.15, 0.2) is 0 Å². The van der Waals surface area contributed by atoms with Gasteiger partial charge in [-0.3, -0.25) is 0 Å². The van der Waals surface area contributed by atoms with E-state index in [0.29, 0.717) is 11.4 Å². The topological polar surface area (TPSA) is 61.3 Å². The standard InChI is InChI=1S/C14H12N2O/c15-11-5-9-10(6-12(11)16)14-8-4-2-1-3-7(8)13(9)17-14/h1-6,13-14H,15-16H2. The third kappa shape index (κ3) is 0.996. The van der Waals surface area contributed by atoms with Crippen LogP contribution in [0.25, 0.3) is 0 Å². The monoisotopic (exact) mass is 224 g/mol. The Bertz CT molecular complexity index is 582. The normalized spacial score (nSPS) is 23.5. The number of benzene rings is 2. The lowest BCUT2D eigenvalue weighted by molar-refractivity contribution is 0.0857. The van der Waals surface area contributed by atoms with Gasteiger partial charge in [0.1, 0.15) is 12.2 Å². The van der Waals surface area contributed by atoms with Crippen LogP contribution in [-0.2, 0) is 4.74 Å². The molecule has 3 nitrogen and oxygen atoms in total. The molecule has 2 aliphatic rings. The van der Waals surface area contributed by atoms with Crippen molar-refractivity contribution in [3.63, 3.8) is 0 Å². The van der Waals surface area contributed by atoms with E-state index >= 15 is 0 Å². The van der Waals surface area contributed by atoms with E-state index < -0.39 is 0 Å². The Labute approximate surface area is 99.0 Å². The highest BCUT2D eigenvalue weighted by atomic mass is 16.5. The smallest absolute Gasteiger partial charge is 0.110 e. The van der Waals surface area contributed by atoms with Crippen LogP contribution >= 0.6 is 0 Å². The second-order valence-electron chi connectivity index (χ2n) is 4.64. The van der Waals surface area contributed by atoms with Crippen LogP contribution in [0.1, 0.15) is 34.5 Å². The summed E-state index contributed by atoms with van der Waals surface area (Å²) in [6, 6.07) is 12.2. The number of nitrogen functional groups attached to an aromatic ring is 2. The maximum Gasteiger partial charge on any atom is 0.110 e. The van der Waals surface area contributed by atoms with Crippen LogP contribution in [0.5, 0.6) is 0 Å². The van der Waals surface area contributed by atoms with Gasteiger partial charge in [0.05, 0.1) is 11.4 Å². The molecule has 2 aliphatic heterocycles. The second kappa shape index (κ2) is 2.81. The predicted octanol–water partition coefficient (Wildman–Crippen LogP) is 2.37. The van der Waals surface area contributed by atoms with Crippen LogP contribution in [0.4, 0.5) is 11.4 Å². The maximum atomic E-state index is 6.01. The number of nitrogens with two attached hydrogens (primary N) is 2. The van der Waals surface area contributed by atoms with Crippen molar-refractivity contribution in [1.82, 2.24) is 0 Å². The van der Waals surface area contributed by atoms with Crippen molar-refractivity contribution in [2.24, 2.45) is 0 Å². The Morgan fingerprint density at radius 3 is 1.71 bits per heavy atom. The minimum absolute atomic E-state index is 0.0362. The third-order valence-corrected chi connectivity index (χ3v) is 3.69. The number of anilines is 2. The number of hydrogen-bond acceptors (Lipinski definition) is 3.